The topological polar surface area (TPSA) is 73.2 Å². The number of fused-ring (bicyclic) bond motifs is 1. The molecule has 3 saturated heterocycles. The number of nitrogens with zero attached hydrogens (tertiary/aromatic N) is 2. The Hall–Kier alpha value is -1.10. The molecular weight excluding hydrogens is 348 g/mol. The molecule has 4 atom stereocenters. The monoisotopic (exact) mass is 370 g/mol. The minimum Gasteiger partial charge on any atom is -0.458 e. The number of rotatable bonds is 1. The van der Waals surface area contributed by atoms with E-state index in [9.17, 15) is 0 Å². The fourth-order valence-electron chi connectivity index (χ4n) is 3.46. The maximum Gasteiger partial charge on any atom is 0.269 e. The van der Waals surface area contributed by atoms with Crippen molar-refractivity contribution >= 4 is 17.4 Å². The highest BCUT2D eigenvalue weighted by molar-refractivity contribution is 7.80. The van der Waals surface area contributed by atoms with Crippen LogP contribution in [0.5, 0.6) is 0 Å². The molecule has 1 aromatic heterocycles. The molecular formula is C16H22N2O6S. The van der Waals surface area contributed by atoms with Crippen LogP contribution in [0.3, 0.4) is 0 Å². The molecule has 25 heavy (non-hydrogen) atoms. The number of hydrogen-bond donors (Lipinski definition) is 0. The van der Waals surface area contributed by atoms with Crippen molar-refractivity contribution in [2.24, 2.45) is 0 Å². The van der Waals surface area contributed by atoms with Crippen LogP contribution in [0.15, 0.2) is 18.7 Å². The van der Waals surface area contributed by atoms with E-state index in [0.29, 0.717) is 6.61 Å². The third kappa shape index (κ3) is 3.09. The van der Waals surface area contributed by atoms with Crippen molar-refractivity contribution in [3.8, 4) is 0 Å². The minimum absolute atomic E-state index is 0.213. The van der Waals surface area contributed by atoms with Crippen LogP contribution >= 0.6 is 12.2 Å². The molecule has 0 aliphatic carbocycles. The zero-order chi connectivity index (χ0) is 17.9. The van der Waals surface area contributed by atoms with Gasteiger partial charge in [0.25, 0.3) is 5.17 Å². The van der Waals surface area contributed by atoms with E-state index in [-0.39, 0.29) is 17.9 Å². The van der Waals surface area contributed by atoms with Gasteiger partial charge in [0.1, 0.15) is 25.1 Å². The second-order valence-electron chi connectivity index (χ2n) is 7.33. The third-order valence-corrected chi connectivity index (χ3v) is 4.73. The summed E-state index contributed by atoms with van der Waals surface area (Å²) in [5.41, 5.74) is 0. The van der Waals surface area contributed by atoms with Crippen LogP contribution in [0.4, 0.5) is 0 Å². The zero-order valence-corrected chi connectivity index (χ0v) is 15.4. The minimum atomic E-state index is -1.11. The summed E-state index contributed by atoms with van der Waals surface area (Å²) in [7, 11) is 0. The van der Waals surface area contributed by atoms with Crippen molar-refractivity contribution in [2.45, 2.75) is 63.4 Å². The molecule has 3 aliphatic rings. The largest absolute Gasteiger partial charge is 0.458 e. The van der Waals surface area contributed by atoms with Crippen molar-refractivity contribution in [2.75, 3.05) is 13.2 Å². The van der Waals surface area contributed by atoms with E-state index in [4.69, 9.17) is 40.6 Å². The Labute approximate surface area is 151 Å². The van der Waals surface area contributed by atoms with Gasteiger partial charge < -0.3 is 28.4 Å². The quantitative estimate of drug-likeness (QED) is 0.688. The summed E-state index contributed by atoms with van der Waals surface area (Å²) in [6.07, 6.45) is 3.59. The lowest BCUT2D eigenvalue weighted by molar-refractivity contribution is -0.323. The maximum absolute atomic E-state index is 6.09. The standard InChI is InChI=1S/C16H22N2O6S/c1-14(2)20-8-16(24-14)12(21-13(25)18-6-5-17-9-18)11-10(7-19-16)22-15(3,4)23-11/h5-6,9-12H,7-8H2,1-4H3/t10-,11-,12+,16+/m1/s1. The average molecular weight is 370 g/mol. The number of thiocarbonyl (C=S) groups is 1. The van der Waals surface area contributed by atoms with Crippen LogP contribution < -0.4 is 0 Å². The molecule has 3 fully saturated rings. The van der Waals surface area contributed by atoms with Gasteiger partial charge in [-0.05, 0) is 39.9 Å². The Morgan fingerprint density at radius 1 is 1.20 bits per heavy atom. The fourth-order valence-corrected chi connectivity index (χ4v) is 3.67. The SMILES string of the molecule is CC1(C)O[C@@H]2[C@@H](CO[C@]3(COC(C)(C)O3)[C@H]2OC(=S)n2ccnc2)O1. The van der Waals surface area contributed by atoms with Gasteiger partial charge in [-0.25, -0.2) is 4.98 Å². The second-order valence-corrected chi connectivity index (χ2v) is 7.68. The number of aromatic nitrogens is 2. The fraction of sp³-hybridized carbons (Fsp3) is 0.750. The van der Waals surface area contributed by atoms with Crippen molar-refractivity contribution in [3.05, 3.63) is 18.7 Å². The van der Waals surface area contributed by atoms with E-state index in [1.54, 1.807) is 23.3 Å². The van der Waals surface area contributed by atoms with Crippen LogP contribution in [-0.2, 0) is 28.4 Å². The third-order valence-electron chi connectivity index (χ3n) is 4.43. The van der Waals surface area contributed by atoms with E-state index in [1.165, 1.54) is 0 Å². The van der Waals surface area contributed by atoms with Gasteiger partial charge in [0.15, 0.2) is 17.7 Å². The van der Waals surface area contributed by atoms with Crippen LogP contribution in [0.2, 0.25) is 0 Å². The molecule has 138 valence electrons. The predicted octanol–water partition coefficient (Wildman–Crippen LogP) is 1.43. The van der Waals surface area contributed by atoms with Gasteiger partial charge in [0.2, 0.25) is 5.79 Å². The first-order valence-corrected chi connectivity index (χ1v) is 8.63. The van der Waals surface area contributed by atoms with Gasteiger partial charge in [0, 0.05) is 12.4 Å². The highest BCUT2D eigenvalue weighted by Gasteiger charge is 2.64. The van der Waals surface area contributed by atoms with Gasteiger partial charge in [-0.15, -0.1) is 0 Å². The highest BCUT2D eigenvalue weighted by atomic mass is 32.1. The zero-order valence-electron chi connectivity index (χ0n) is 14.6. The van der Waals surface area contributed by atoms with Gasteiger partial charge >= 0.3 is 0 Å². The molecule has 0 aromatic carbocycles. The summed E-state index contributed by atoms with van der Waals surface area (Å²) in [6.45, 7) is 7.92. The molecule has 9 heteroatoms. The lowest BCUT2D eigenvalue weighted by Crippen LogP contribution is -2.63. The maximum atomic E-state index is 6.09. The molecule has 0 amide bonds. The lowest BCUT2D eigenvalue weighted by Gasteiger charge is -2.43. The van der Waals surface area contributed by atoms with E-state index in [2.05, 4.69) is 4.98 Å². The van der Waals surface area contributed by atoms with E-state index in [1.807, 2.05) is 27.7 Å². The Kier molecular flexibility index (Phi) is 3.95. The Balaban J connectivity index is 1.64. The van der Waals surface area contributed by atoms with E-state index < -0.39 is 29.6 Å². The summed E-state index contributed by atoms with van der Waals surface area (Å²) in [6, 6.07) is 0. The second kappa shape index (κ2) is 5.70. The van der Waals surface area contributed by atoms with E-state index >= 15 is 0 Å². The first-order chi connectivity index (χ1) is 11.7. The number of imidazole rings is 1. The van der Waals surface area contributed by atoms with Crippen LogP contribution in [0.25, 0.3) is 0 Å². The summed E-state index contributed by atoms with van der Waals surface area (Å²) >= 11 is 5.40. The summed E-state index contributed by atoms with van der Waals surface area (Å²) in [5, 5.41) is 0.229. The molecule has 0 bridgehead atoms. The molecule has 3 aliphatic heterocycles. The lowest BCUT2D eigenvalue weighted by atomic mass is 9.97. The van der Waals surface area contributed by atoms with Crippen LogP contribution in [-0.4, -0.2) is 63.6 Å². The molecule has 0 unspecified atom stereocenters. The molecule has 1 spiro atoms. The predicted molar refractivity (Wildman–Crippen MR) is 88.7 cm³/mol. The normalized spacial score (nSPS) is 38.6. The van der Waals surface area contributed by atoms with Gasteiger partial charge in [-0.2, -0.15) is 0 Å². The molecule has 1 aromatic rings. The molecule has 4 heterocycles. The summed E-state index contributed by atoms with van der Waals surface area (Å²) < 4.78 is 37.6. The van der Waals surface area contributed by atoms with Crippen molar-refractivity contribution in [1.29, 1.82) is 0 Å². The van der Waals surface area contributed by atoms with Gasteiger partial charge in [-0.3, -0.25) is 4.57 Å². The average Bonchev–Trinajstić information content (AvgIpc) is 3.20. The molecule has 0 radical (unpaired) electrons. The van der Waals surface area contributed by atoms with Crippen molar-refractivity contribution in [3.63, 3.8) is 0 Å². The van der Waals surface area contributed by atoms with Gasteiger partial charge in [0.05, 0.1) is 6.61 Å². The molecule has 8 nitrogen and oxygen atoms in total. The van der Waals surface area contributed by atoms with Crippen molar-refractivity contribution < 1.29 is 28.4 Å². The van der Waals surface area contributed by atoms with Crippen LogP contribution in [0.1, 0.15) is 27.7 Å². The Bertz CT molecular complexity index is 662. The van der Waals surface area contributed by atoms with E-state index in [0.717, 1.165) is 0 Å². The first kappa shape index (κ1) is 17.3. The summed E-state index contributed by atoms with van der Waals surface area (Å²) in [4.78, 5) is 3.99. The number of ether oxygens (including phenoxy) is 6. The highest BCUT2D eigenvalue weighted by Crippen LogP contribution is 2.45. The Morgan fingerprint density at radius 2 is 2.00 bits per heavy atom. The smallest absolute Gasteiger partial charge is 0.269 e. The van der Waals surface area contributed by atoms with Crippen LogP contribution in [0, 0.1) is 0 Å². The molecule has 0 N–H and O–H groups in total. The summed E-state index contributed by atoms with van der Waals surface area (Å²) in [5.74, 6) is -2.64. The van der Waals surface area contributed by atoms with Crippen molar-refractivity contribution in [1.82, 2.24) is 9.55 Å². The van der Waals surface area contributed by atoms with Gasteiger partial charge in [-0.1, -0.05) is 0 Å². The molecule has 4 rings (SSSR count). The Morgan fingerprint density at radius 3 is 2.64 bits per heavy atom. The number of hydrogen-bond acceptors (Lipinski definition) is 8. The first-order valence-electron chi connectivity index (χ1n) is 8.22. The molecule has 0 saturated carbocycles.